The van der Waals surface area contributed by atoms with Crippen molar-refractivity contribution in [1.29, 1.82) is 0 Å². The van der Waals surface area contributed by atoms with E-state index >= 15 is 0 Å². The number of carboxylic acids is 1. The molecule has 9 nitrogen and oxygen atoms in total. The van der Waals surface area contributed by atoms with Crippen molar-refractivity contribution in [3.8, 4) is 0 Å². The molecule has 1 unspecified atom stereocenters. The second-order valence-electron chi connectivity index (χ2n) is 6.02. The molecule has 1 fully saturated rings. The van der Waals surface area contributed by atoms with E-state index in [9.17, 15) is 14.4 Å². The van der Waals surface area contributed by atoms with Gasteiger partial charge in [-0.25, -0.2) is 4.79 Å². The van der Waals surface area contributed by atoms with Crippen LogP contribution in [-0.2, 0) is 17.9 Å². The maximum atomic E-state index is 11.4. The zero-order chi connectivity index (χ0) is 17.1. The molecule has 0 bridgehead atoms. The van der Waals surface area contributed by atoms with Gasteiger partial charge in [-0.1, -0.05) is 0 Å². The van der Waals surface area contributed by atoms with Gasteiger partial charge in [-0.05, 0) is 25.5 Å². The normalized spacial score (nSPS) is 18.6. The van der Waals surface area contributed by atoms with E-state index in [2.05, 4.69) is 20.0 Å². The number of nitrogens with zero attached hydrogens (tertiary/aromatic N) is 3. The minimum Gasteiger partial charge on any atom is -0.480 e. The van der Waals surface area contributed by atoms with Crippen LogP contribution in [-0.4, -0.2) is 48.8 Å². The summed E-state index contributed by atoms with van der Waals surface area (Å²) in [7, 11) is 0. The highest BCUT2D eigenvalue weighted by atomic mass is 16.4. The summed E-state index contributed by atoms with van der Waals surface area (Å²) in [5, 5.41) is 13.2. The van der Waals surface area contributed by atoms with E-state index in [0.717, 1.165) is 31.6 Å². The lowest BCUT2D eigenvalue weighted by molar-refractivity contribution is -0.137. The Balaban J connectivity index is 1.67. The number of nitrogens with one attached hydrogen (secondary N) is 2. The number of aliphatic carboxylic acids is 1. The summed E-state index contributed by atoms with van der Waals surface area (Å²) in [6, 6.07) is 3.25. The van der Waals surface area contributed by atoms with E-state index in [1.165, 1.54) is 10.7 Å². The predicted octanol–water partition coefficient (Wildman–Crippen LogP) is -0.276. The Bertz CT molecular complexity index is 808. The number of aromatic amines is 2. The molecule has 0 amide bonds. The Labute approximate surface area is 136 Å². The molecular formula is C15H19N5O4. The van der Waals surface area contributed by atoms with Gasteiger partial charge in [0, 0.05) is 37.0 Å². The summed E-state index contributed by atoms with van der Waals surface area (Å²) in [6.07, 6.45) is 3.63. The molecule has 0 spiro atoms. The SMILES string of the molecule is O=C(O)Cn1ccc(C2CCCN(Cc3cc(=O)[nH]c(=O)[nH]3)C2)n1. The average Bonchev–Trinajstić information content (AvgIpc) is 2.94. The molecule has 128 valence electrons. The molecule has 1 aliphatic rings. The maximum Gasteiger partial charge on any atom is 0.325 e. The smallest absolute Gasteiger partial charge is 0.325 e. The van der Waals surface area contributed by atoms with Gasteiger partial charge in [0.25, 0.3) is 5.56 Å². The number of carboxylic acid groups (broad SMARTS) is 1. The zero-order valence-electron chi connectivity index (χ0n) is 13.1. The first-order chi connectivity index (χ1) is 11.5. The standard InChI is InChI=1S/C15H19N5O4/c21-13-6-11(16-15(24)17-13)8-19-4-1-2-10(7-19)12-3-5-20(18-12)9-14(22)23/h3,5-6,10H,1-2,4,7-9H2,(H,22,23)(H2,16,17,21,24). The number of hydrogen-bond donors (Lipinski definition) is 3. The predicted molar refractivity (Wildman–Crippen MR) is 84.8 cm³/mol. The van der Waals surface area contributed by atoms with E-state index in [-0.39, 0.29) is 12.5 Å². The summed E-state index contributed by atoms with van der Waals surface area (Å²) < 4.78 is 1.42. The van der Waals surface area contributed by atoms with Crippen LogP contribution in [0.4, 0.5) is 0 Å². The number of carbonyl (C=O) groups is 1. The molecule has 0 aromatic carbocycles. The Hall–Kier alpha value is -2.68. The van der Waals surface area contributed by atoms with Crippen LogP contribution in [0, 0.1) is 0 Å². The molecule has 1 saturated heterocycles. The third kappa shape index (κ3) is 3.99. The second-order valence-corrected chi connectivity index (χ2v) is 6.02. The molecule has 0 aliphatic carbocycles. The number of H-pyrrole nitrogens is 2. The van der Waals surface area contributed by atoms with Crippen LogP contribution >= 0.6 is 0 Å². The van der Waals surface area contributed by atoms with Crippen molar-refractivity contribution < 1.29 is 9.90 Å². The summed E-state index contributed by atoms with van der Waals surface area (Å²) in [5.41, 5.74) is 0.550. The average molecular weight is 333 g/mol. The van der Waals surface area contributed by atoms with E-state index < -0.39 is 17.2 Å². The highest BCUT2D eigenvalue weighted by Crippen LogP contribution is 2.26. The Kier molecular flexibility index (Phi) is 4.61. The van der Waals surface area contributed by atoms with Gasteiger partial charge in [-0.2, -0.15) is 5.10 Å². The third-order valence-corrected chi connectivity index (χ3v) is 4.09. The first-order valence-corrected chi connectivity index (χ1v) is 7.79. The van der Waals surface area contributed by atoms with Crippen molar-refractivity contribution >= 4 is 5.97 Å². The first kappa shape index (κ1) is 16.2. The molecule has 2 aromatic rings. The van der Waals surface area contributed by atoms with Crippen molar-refractivity contribution in [2.75, 3.05) is 13.1 Å². The van der Waals surface area contributed by atoms with E-state index in [1.807, 2.05) is 6.07 Å². The number of aromatic nitrogens is 4. The molecular weight excluding hydrogens is 314 g/mol. The number of likely N-dealkylation sites (tertiary alicyclic amines) is 1. The minimum absolute atomic E-state index is 0.148. The molecule has 1 atom stereocenters. The summed E-state index contributed by atoms with van der Waals surface area (Å²) >= 11 is 0. The van der Waals surface area contributed by atoms with Crippen LogP contribution in [0.15, 0.2) is 27.9 Å². The van der Waals surface area contributed by atoms with Crippen LogP contribution in [0.5, 0.6) is 0 Å². The van der Waals surface area contributed by atoms with Crippen molar-refractivity contribution in [2.45, 2.75) is 31.8 Å². The van der Waals surface area contributed by atoms with Crippen LogP contribution in [0.3, 0.4) is 0 Å². The Morgan fingerprint density at radius 1 is 1.38 bits per heavy atom. The molecule has 3 heterocycles. The lowest BCUT2D eigenvalue weighted by atomic mass is 9.95. The fourth-order valence-electron chi connectivity index (χ4n) is 3.11. The molecule has 24 heavy (non-hydrogen) atoms. The minimum atomic E-state index is -0.923. The van der Waals surface area contributed by atoms with Crippen molar-refractivity contribution in [3.05, 3.63) is 50.6 Å². The quantitative estimate of drug-likeness (QED) is 0.691. The van der Waals surface area contributed by atoms with Gasteiger partial charge < -0.3 is 10.1 Å². The van der Waals surface area contributed by atoms with Crippen LogP contribution < -0.4 is 11.2 Å². The van der Waals surface area contributed by atoms with Crippen LogP contribution in [0.2, 0.25) is 0 Å². The molecule has 9 heteroatoms. The van der Waals surface area contributed by atoms with Gasteiger partial charge in [-0.15, -0.1) is 0 Å². The molecule has 2 aromatic heterocycles. The topological polar surface area (TPSA) is 124 Å². The Morgan fingerprint density at radius 2 is 2.21 bits per heavy atom. The van der Waals surface area contributed by atoms with E-state index in [0.29, 0.717) is 12.2 Å². The van der Waals surface area contributed by atoms with Crippen LogP contribution in [0.1, 0.15) is 30.1 Å². The van der Waals surface area contributed by atoms with Gasteiger partial charge in [0.05, 0.1) is 5.69 Å². The van der Waals surface area contributed by atoms with Gasteiger partial charge in [0.1, 0.15) is 6.54 Å². The van der Waals surface area contributed by atoms with Gasteiger partial charge in [-0.3, -0.25) is 24.2 Å². The lowest BCUT2D eigenvalue weighted by Gasteiger charge is -2.31. The largest absolute Gasteiger partial charge is 0.480 e. The fraction of sp³-hybridized carbons (Fsp3) is 0.467. The van der Waals surface area contributed by atoms with Crippen molar-refractivity contribution in [3.63, 3.8) is 0 Å². The highest BCUT2D eigenvalue weighted by molar-refractivity contribution is 5.66. The summed E-state index contributed by atoms with van der Waals surface area (Å²) in [4.78, 5) is 40.4. The van der Waals surface area contributed by atoms with Crippen molar-refractivity contribution in [2.24, 2.45) is 0 Å². The second kappa shape index (κ2) is 6.83. The first-order valence-electron chi connectivity index (χ1n) is 7.79. The highest BCUT2D eigenvalue weighted by Gasteiger charge is 2.23. The summed E-state index contributed by atoms with van der Waals surface area (Å²) in [6.45, 7) is 1.97. The van der Waals surface area contributed by atoms with Gasteiger partial charge >= 0.3 is 11.7 Å². The molecule has 0 radical (unpaired) electrons. The van der Waals surface area contributed by atoms with Gasteiger partial charge in [0.2, 0.25) is 0 Å². The number of piperidine rings is 1. The fourth-order valence-corrected chi connectivity index (χ4v) is 3.11. The molecule has 1 aliphatic heterocycles. The number of hydrogen-bond acceptors (Lipinski definition) is 5. The third-order valence-electron chi connectivity index (χ3n) is 4.09. The maximum absolute atomic E-state index is 11.4. The molecule has 0 saturated carbocycles. The zero-order valence-corrected chi connectivity index (χ0v) is 13.1. The molecule has 3 rings (SSSR count). The number of rotatable bonds is 5. The van der Waals surface area contributed by atoms with Crippen LogP contribution in [0.25, 0.3) is 0 Å². The van der Waals surface area contributed by atoms with Crippen molar-refractivity contribution in [1.82, 2.24) is 24.6 Å². The monoisotopic (exact) mass is 333 g/mol. The van der Waals surface area contributed by atoms with E-state index in [1.54, 1.807) is 6.20 Å². The lowest BCUT2D eigenvalue weighted by Crippen LogP contribution is -2.35. The molecule has 3 N–H and O–H groups in total. The summed E-state index contributed by atoms with van der Waals surface area (Å²) in [5.74, 6) is -0.712. The Morgan fingerprint density at radius 3 is 2.96 bits per heavy atom. The van der Waals surface area contributed by atoms with Gasteiger partial charge in [0.15, 0.2) is 0 Å². The van der Waals surface area contributed by atoms with E-state index in [4.69, 9.17) is 5.11 Å².